The summed E-state index contributed by atoms with van der Waals surface area (Å²) in [5.74, 6) is 0.437. The van der Waals surface area contributed by atoms with E-state index in [0.717, 1.165) is 42.9 Å². The molecule has 30 heavy (non-hydrogen) atoms. The Morgan fingerprint density at radius 1 is 1.17 bits per heavy atom. The van der Waals surface area contributed by atoms with Crippen LogP contribution in [-0.2, 0) is 11.3 Å². The molecule has 0 spiro atoms. The Morgan fingerprint density at radius 3 is 2.57 bits per heavy atom. The van der Waals surface area contributed by atoms with E-state index in [1.165, 1.54) is 18.4 Å². The number of likely N-dealkylation sites (N-methyl/N-ethyl adjacent to an activating group) is 2. The summed E-state index contributed by atoms with van der Waals surface area (Å²) in [5.41, 5.74) is 3.95. The van der Waals surface area contributed by atoms with Crippen molar-refractivity contribution in [2.45, 2.75) is 63.2 Å². The second-order valence-corrected chi connectivity index (χ2v) is 9.52. The van der Waals surface area contributed by atoms with Crippen LogP contribution in [0, 0.1) is 0 Å². The number of fused-ring (bicyclic) bond motifs is 3. The standard InChI is InChI=1S/C24H32N4O2/c1-4-27-19-10-17(11-20(27)14-26(3)13-19)16-6-7-21-18(9-16)12-28(24(21)30)22-8-5-15(2)25-23(22)29/h6-7,9,17,19-20,22H,2,4-5,8,10-14H2,1,3H3,(H,25,29)/t17?,19-,20+,22?. The van der Waals surface area contributed by atoms with Gasteiger partial charge in [-0.05, 0) is 62.4 Å². The highest BCUT2D eigenvalue weighted by atomic mass is 16.2. The van der Waals surface area contributed by atoms with Gasteiger partial charge in [-0.15, -0.1) is 0 Å². The Labute approximate surface area is 178 Å². The lowest BCUT2D eigenvalue weighted by Crippen LogP contribution is -2.60. The molecular weight excluding hydrogens is 376 g/mol. The van der Waals surface area contributed by atoms with Crippen molar-refractivity contribution in [2.24, 2.45) is 0 Å². The molecule has 0 saturated carbocycles. The van der Waals surface area contributed by atoms with Crippen LogP contribution in [0.2, 0.25) is 0 Å². The number of likely N-dealkylation sites (tertiary alicyclic amines) is 1. The molecule has 0 aromatic heterocycles. The smallest absolute Gasteiger partial charge is 0.255 e. The first kappa shape index (κ1) is 19.8. The average Bonchev–Trinajstić information content (AvgIpc) is 3.02. The number of hydrogen-bond acceptors (Lipinski definition) is 4. The van der Waals surface area contributed by atoms with Gasteiger partial charge in [0.2, 0.25) is 5.91 Å². The maximum absolute atomic E-state index is 13.0. The van der Waals surface area contributed by atoms with Crippen molar-refractivity contribution >= 4 is 11.8 Å². The number of carbonyl (C=O) groups excluding carboxylic acids is 2. The van der Waals surface area contributed by atoms with Gasteiger partial charge in [0.1, 0.15) is 6.04 Å². The lowest BCUT2D eigenvalue weighted by Gasteiger charge is -2.51. The SMILES string of the molecule is C=C1CCC(N2Cc3cc(C4C[C@@H]5CN(C)C[C@H](C4)N5CC)ccc3C2=O)C(=O)N1. The van der Waals surface area contributed by atoms with Gasteiger partial charge in [0, 0.05) is 43.0 Å². The van der Waals surface area contributed by atoms with E-state index in [0.29, 0.717) is 31.0 Å². The van der Waals surface area contributed by atoms with Crippen LogP contribution in [0.25, 0.3) is 0 Å². The molecule has 5 rings (SSSR count). The van der Waals surface area contributed by atoms with Crippen LogP contribution in [0.15, 0.2) is 30.5 Å². The van der Waals surface area contributed by atoms with Crippen molar-refractivity contribution in [3.8, 4) is 0 Å². The normalized spacial score (nSPS) is 32.3. The van der Waals surface area contributed by atoms with Crippen molar-refractivity contribution in [3.63, 3.8) is 0 Å². The van der Waals surface area contributed by atoms with Gasteiger partial charge >= 0.3 is 0 Å². The summed E-state index contributed by atoms with van der Waals surface area (Å²) >= 11 is 0. The van der Waals surface area contributed by atoms with E-state index in [9.17, 15) is 9.59 Å². The number of piperazine rings is 1. The number of nitrogens with one attached hydrogen (secondary N) is 1. The number of carbonyl (C=O) groups is 2. The molecule has 4 aliphatic rings. The molecule has 4 heterocycles. The first-order valence-electron chi connectivity index (χ1n) is 11.3. The third-order valence-electron chi connectivity index (χ3n) is 7.59. The largest absolute Gasteiger partial charge is 0.329 e. The lowest BCUT2D eigenvalue weighted by molar-refractivity contribution is -0.126. The third-order valence-corrected chi connectivity index (χ3v) is 7.59. The fourth-order valence-corrected chi connectivity index (χ4v) is 6.19. The number of rotatable bonds is 3. The lowest BCUT2D eigenvalue weighted by atomic mass is 9.79. The van der Waals surface area contributed by atoms with Crippen LogP contribution >= 0.6 is 0 Å². The van der Waals surface area contributed by atoms with E-state index in [1.807, 2.05) is 6.07 Å². The van der Waals surface area contributed by atoms with E-state index in [2.05, 4.69) is 47.8 Å². The molecule has 0 aliphatic carbocycles. The van der Waals surface area contributed by atoms with Gasteiger partial charge in [-0.25, -0.2) is 0 Å². The molecule has 3 fully saturated rings. The molecule has 1 aromatic rings. The van der Waals surface area contributed by atoms with E-state index >= 15 is 0 Å². The first-order chi connectivity index (χ1) is 14.4. The molecule has 3 saturated heterocycles. The summed E-state index contributed by atoms with van der Waals surface area (Å²) in [5, 5.41) is 2.82. The molecule has 1 N–H and O–H groups in total. The van der Waals surface area contributed by atoms with Crippen molar-refractivity contribution in [2.75, 3.05) is 26.7 Å². The summed E-state index contributed by atoms with van der Waals surface area (Å²) in [6, 6.07) is 7.25. The monoisotopic (exact) mass is 408 g/mol. The molecule has 0 radical (unpaired) electrons. The number of allylic oxidation sites excluding steroid dienone is 1. The predicted octanol–water partition coefficient (Wildman–Crippen LogP) is 2.32. The third kappa shape index (κ3) is 3.26. The van der Waals surface area contributed by atoms with Crippen molar-refractivity contribution in [3.05, 3.63) is 47.2 Å². The summed E-state index contributed by atoms with van der Waals surface area (Å²) in [4.78, 5) is 32.3. The second-order valence-electron chi connectivity index (χ2n) is 9.52. The minimum Gasteiger partial charge on any atom is -0.329 e. The second kappa shape index (κ2) is 7.50. The number of amides is 2. The van der Waals surface area contributed by atoms with Crippen molar-refractivity contribution < 1.29 is 9.59 Å². The van der Waals surface area contributed by atoms with Crippen LogP contribution < -0.4 is 5.32 Å². The fourth-order valence-electron chi connectivity index (χ4n) is 6.19. The summed E-state index contributed by atoms with van der Waals surface area (Å²) in [7, 11) is 2.24. The highest BCUT2D eigenvalue weighted by molar-refractivity contribution is 6.01. The highest BCUT2D eigenvalue weighted by Crippen LogP contribution is 2.39. The molecule has 6 heteroatoms. The zero-order chi connectivity index (χ0) is 21.0. The number of benzene rings is 1. The Hall–Kier alpha value is -2.18. The minimum atomic E-state index is -0.387. The molecule has 2 unspecified atom stereocenters. The Bertz CT molecular complexity index is 881. The maximum atomic E-state index is 13.0. The van der Waals surface area contributed by atoms with Crippen molar-refractivity contribution in [1.29, 1.82) is 0 Å². The maximum Gasteiger partial charge on any atom is 0.255 e. The number of piperidine rings is 2. The van der Waals surface area contributed by atoms with Crippen LogP contribution in [0.3, 0.4) is 0 Å². The Kier molecular flexibility index (Phi) is 4.94. The summed E-state index contributed by atoms with van der Waals surface area (Å²) < 4.78 is 0. The molecule has 4 atom stereocenters. The van der Waals surface area contributed by atoms with Crippen molar-refractivity contribution in [1.82, 2.24) is 20.0 Å². The van der Waals surface area contributed by atoms with Crippen LogP contribution in [-0.4, -0.2) is 71.3 Å². The van der Waals surface area contributed by atoms with Crippen LogP contribution in [0.5, 0.6) is 0 Å². The van der Waals surface area contributed by atoms with Gasteiger partial charge in [-0.2, -0.15) is 0 Å². The summed E-state index contributed by atoms with van der Waals surface area (Å²) in [6.45, 7) is 10.1. The average molecular weight is 409 g/mol. The topological polar surface area (TPSA) is 55.9 Å². The van der Waals surface area contributed by atoms with Gasteiger partial charge in [-0.1, -0.05) is 25.6 Å². The molecular formula is C24H32N4O2. The van der Waals surface area contributed by atoms with Crippen LogP contribution in [0.1, 0.15) is 60.0 Å². The zero-order valence-corrected chi connectivity index (χ0v) is 18.1. The zero-order valence-electron chi connectivity index (χ0n) is 18.1. The van der Waals surface area contributed by atoms with Gasteiger partial charge in [0.15, 0.2) is 0 Å². The van der Waals surface area contributed by atoms with Gasteiger partial charge < -0.3 is 15.1 Å². The molecule has 2 amide bonds. The number of nitrogens with zero attached hydrogens (tertiary/aromatic N) is 3. The van der Waals surface area contributed by atoms with E-state index in [4.69, 9.17) is 0 Å². The first-order valence-corrected chi connectivity index (χ1v) is 11.3. The molecule has 1 aromatic carbocycles. The van der Waals surface area contributed by atoms with E-state index < -0.39 is 0 Å². The number of hydrogen-bond donors (Lipinski definition) is 1. The molecule has 4 aliphatic heterocycles. The van der Waals surface area contributed by atoms with Crippen LogP contribution in [0.4, 0.5) is 0 Å². The molecule has 2 bridgehead atoms. The van der Waals surface area contributed by atoms with E-state index in [1.54, 1.807) is 4.90 Å². The molecule has 160 valence electrons. The van der Waals surface area contributed by atoms with Gasteiger partial charge in [0.05, 0.1) is 0 Å². The van der Waals surface area contributed by atoms with Gasteiger partial charge in [0.25, 0.3) is 5.91 Å². The quantitative estimate of drug-likeness (QED) is 0.834. The van der Waals surface area contributed by atoms with E-state index in [-0.39, 0.29) is 17.9 Å². The van der Waals surface area contributed by atoms with Gasteiger partial charge in [-0.3, -0.25) is 14.5 Å². The minimum absolute atomic E-state index is 0.0106. The summed E-state index contributed by atoms with van der Waals surface area (Å²) in [6.07, 6.45) is 3.75. The fraction of sp³-hybridized carbons (Fsp3) is 0.583. The highest BCUT2D eigenvalue weighted by Gasteiger charge is 2.41. The Balaban J connectivity index is 1.35. The molecule has 6 nitrogen and oxygen atoms in total. The predicted molar refractivity (Wildman–Crippen MR) is 116 cm³/mol. The Morgan fingerprint density at radius 2 is 1.90 bits per heavy atom.